The molecule has 2 heterocycles. The molecule has 1 amide bonds. The van der Waals surface area contributed by atoms with Crippen LogP contribution >= 0.6 is 0 Å². The SMILES string of the molecule is Cc1oc(-n2cccc2)c(C#N)c1C(=O)NCc1ccc(F)cc1C(F)(F)F. The predicted octanol–water partition coefficient (Wildman–Crippen LogP) is 4.34. The molecule has 0 aliphatic heterocycles. The lowest BCUT2D eigenvalue weighted by Crippen LogP contribution is -2.25. The van der Waals surface area contributed by atoms with Gasteiger partial charge in [0.2, 0.25) is 5.88 Å². The number of nitrogens with zero attached hydrogens (tertiary/aromatic N) is 2. The van der Waals surface area contributed by atoms with E-state index in [-0.39, 0.29) is 28.3 Å². The number of furan rings is 1. The molecule has 0 aliphatic carbocycles. The normalized spacial score (nSPS) is 11.3. The van der Waals surface area contributed by atoms with E-state index in [0.29, 0.717) is 6.07 Å². The quantitative estimate of drug-likeness (QED) is 0.673. The number of nitrogens with one attached hydrogen (secondary N) is 1. The zero-order valence-electron chi connectivity index (χ0n) is 14.5. The molecule has 5 nitrogen and oxygen atoms in total. The first-order valence-electron chi connectivity index (χ1n) is 8.03. The third kappa shape index (κ3) is 3.62. The Hall–Kier alpha value is -3.54. The highest BCUT2D eigenvalue weighted by molar-refractivity contribution is 5.98. The largest absolute Gasteiger partial charge is 0.443 e. The molecule has 1 N–H and O–H groups in total. The molecule has 3 aromatic rings. The molecule has 0 saturated carbocycles. The fraction of sp³-hybridized carbons (Fsp3) is 0.158. The molecule has 0 unspecified atom stereocenters. The highest BCUT2D eigenvalue weighted by Crippen LogP contribution is 2.32. The first-order chi connectivity index (χ1) is 13.2. The van der Waals surface area contributed by atoms with Gasteiger partial charge in [0.15, 0.2) is 0 Å². The minimum atomic E-state index is -4.77. The summed E-state index contributed by atoms with van der Waals surface area (Å²) in [6, 6.07) is 7.50. The van der Waals surface area contributed by atoms with Crippen molar-refractivity contribution in [1.29, 1.82) is 5.26 Å². The number of benzene rings is 1. The van der Waals surface area contributed by atoms with E-state index in [1.807, 2.05) is 6.07 Å². The summed E-state index contributed by atoms with van der Waals surface area (Å²) in [7, 11) is 0. The Kier molecular flexibility index (Phi) is 4.96. The lowest BCUT2D eigenvalue weighted by atomic mass is 10.1. The molecule has 0 aliphatic rings. The van der Waals surface area contributed by atoms with Crippen LogP contribution in [0, 0.1) is 24.1 Å². The van der Waals surface area contributed by atoms with Crippen molar-refractivity contribution in [1.82, 2.24) is 9.88 Å². The van der Waals surface area contributed by atoms with Crippen LogP contribution in [0.1, 0.15) is 32.8 Å². The van der Waals surface area contributed by atoms with Crippen molar-refractivity contribution in [2.24, 2.45) is 0 Å². The van der Waals surface area contributed by atoms with Crippen LogP contribution in [0.2, 0.25) is 0 Å². The summed E-state index contributed by atoms with van der Waals surface area (Å²) < 4.78 is 59.4. The number of alkyl halides is 3. The summed E-state index contributed by atoms with van der Waals surface area (Å²) in [6.07, 6.45) is -1.53. The van der Waals surface area contributed by atoms with Gasteiger partial charge >= 0.3 is 6.18 Å². The van der Waals surface area contributed by atoms with Gasteiger partial charge in [-0.1, -0.05) is 6.07 Å². The van der Waals surface area contributed by atoms with Crippen molar-refractivity contribution >= 4 is 5.91 Å². The maximum Gasteiger partial charge on any atom is 0.416 e. The third-order valence-electron chi connectivity index (χ3n) is 4.06. The molecule has 144 valence electrons. The molecule has 0 saturated heterocycles. The van der Waals surface area contributed by atoms with Crippen molar-refractivity contribution < 1.29 is 26.8 Å². The molecule has 0 radical (unpaired) electrons. The van der Waals surface area contributed by atoms with E-state index in [9.17, 15) is 27.6 Å². The first-order valence-corrected chi connectivity index (χ1v) is 8.03. The van der Waals surface area contributed by atoms with Crippen LogP contribution in [-0.4, -0.2) is 10.5 Å². The van der Waals surface area contributed by atoms with Crippen molar-refractivity contribution in [3.63, 3.8) is 0 Å². The monoisotopic (exact) mass is 391 g/mol. The van der Waals surface area contributed by atoms with Gasteiger partial charge in [0.25, 0.3) is 5.91 Å². The van der Waals surface area contributed by atoms with E-state index in [1.54, 1.807) is 24.5 Å². The third-order valence-corrected chi connectivity index (χ3v) is 4.06. The van der Waals surface area contributed by atoms with Crippen molar-refractivity contribution in [3.05, 3.63) is 76.6 Å². The number of halogens is 4. The van der Waals surface area contributed by atoms with Crippen LogP contribution in [0.5, 0.6) is 0 Å². The van der Waals surface area contributed by atoms with Crippen molar-refractivity contribution in [3.8, 4) is 12.0 Å². The topological polar surface area (TPSA) is 71.0 Å². The van der Waals surface area contributed by atoms with Gasteiger partial charge in [-0.15, -0.1) is 0 Å². The predicted molar refractivity (Wildman–Crippen MR) is 90.1 cm³/mol. The molecule has 0 atom stereocenters. The number of hydrogen-bond donors (Lipinski definition) is 1. The summed E-state index contributed by atoms with van der Waals surface area (Å²) in [4.78, 5) is 12.5. The number of carbonyl (C=O) groups excluding carboxylic acids is 1. The standard InChI is InChI=1S/C19H13F4N3O2/c1-11-16(14(9-24)18(28-11)26-6-2-3-7-26)17(27)25-10-12-4-5-13(20)8-15(12)19(21,22)23/h2-8H,10H2,1H3,(H,25,27). The average Bonchev–Trinajstić information content (AvgIpc) is 3.26. The van der Waals surface area contributed by atoms with Gasteiger partial charge in [0.1, 0.15) is 28.8 Å². The molecular weight excluding hydrogens is 378 g/mol. The highest BCUT2D eigenvalue weighted by atomic mass is 19.4. The molecular formula is C19H13F4N3O2. The maximum absolute atomic E-state index is 13.2. The summed E-state index contributed by atoms with van der Waals surface area (Å²) >= 11 is 0. The van der Waals surface area contributed by atoms with Gasteiger partial charge in [-0.25, -0.2) is 4.39 Å². The van der Waals surface area contributed by atoms with E-state index in [4.69, 9.17) is 4.42 Å². The molecule has 0 spiro atoms. The fourth-order valence-electron chi connectivity index (χ4n) is 2.79. The number of nitriles is 1. The Morgan fingerprint density at radius 2 is 1.96 bits per heavy atom. The van der Waals surface area contributed by atoms with E-state index < -0.39 is 30.0 Å². The Morgan fingerprint density at radius 3 is 2.57 bits per heavy atom. The number of hydrogen-bond acceptors (Lipinski definition) is 3. The fourth-order valence-corrected chi connectivity index (χ4v) is 2.79. The van der Waals surface area contributed by atoms with Crippen LogP contribution in [0.4, 0.5) is 17.6 Å². The Morgan fingerprint density at radius 1 is 1.29 bits per heavy atom. The lowest BCUT2D eigenvalue weighted by molar-refractivity contribution is -0.138. The Labute approximate surface area is 156 Å². The minimum Gasteiger partial charge on any atom is -0.443 e. The van der Waals surface area contributed by atoms with Crippen LogP contribution in [0.3, 0.4) is 0 Å². The number of aromatic nitrogens is 1. The smallest absolute Gasteiger partial charge is 0.416 e. The molecule has 1 aromatic carbocycles. The Bertz CT molecular complexity index is 1060. The van der Waals surface area contributed by atoms with E-state index in [0.717, 1.165) is 12.1 Å². The maximum atomic E-state index is 13.2. The van der Waals surface area contributed by atoms with Gasteiger partial charge in [-0.2, -0.15) is 18.4 Å². The van der Waals surface area contributed by atoms with Crippen molar-refractivity contribution in [2.75, 3.05) is 0 Å². The van der Waals surface area contributed by atoms with Gasteiger partial charge in [-0.3, -0.25) is 9.36 Å². The lowest BCUT2D eigenvalue weighted by Gasteiger charge is -2.13. The number of rotatable bonds is 4. The second-order valence-electron chi connectivity index (χ2n) is 5.90. The highest BCUT2D eigenvalue weighted by Gasteiger charge is 2.34. The summed E-state index contributed by atoms with van der Waals surface area (Å²) in [5, 5.41) is 11.8. The second-order valence-corrected chi connectivity index (χ2v) is 5.90. The van der Waals surface area contributed by atoms with E-state index >= 15 is 0 Å². The molecule has 3 rings (SSSR count). The van der Waals surface area contributed by atoms with Gasteiger partial charge < -0.3 is 9.73 Å². The van der Waals surface area contributed by atoms with Crippen molar-refractivity contribution in [2.45, 2.75) is 19.6 Å². The average molecular weight is 391 g/mol. The molecule has 9 heteroatoms. The van der Waals surface area contributed by atoms with Crippen LogP contribution in [0.15, 0.2) is 47.1 Å². The van der Waals surface area contributed by atoms with Crippen LogP contribution in [0.25, 0.3) is 5.88 Å². The van der Waals surface area contributed by atoms with E-state index in [2.05, 4.69) is 5.32 Å². The molecule has 2 aromatic heterocycles. The van der Waals surface area contributed by atoms with Gasteiger partial charge in [0, 0.05) is 18.9 Å². The summed E-state index contributed by atoms with van der Waals surface area (Å²) in [5.41, 5.74) is -1.58. The summed E-state index contributed by atoms with van der Waals surface area (Å²) in [5.74, 6) is -1.52. The minimum absolute atomic E-state index is 0.0404. The zero-order valence-corrected chi connectivity index (χ0v) is 14.5. The molecule has 0 fully saturated rings. The number of aryl methyl sites for hydroxylation is 1. The van der Waals surface area contributed by atoms with Gasteiger partial charge in [0.05, 0.1) is 5.56 Å². The number of amides is 1. The first kappa shape index (κ1) is 19.2. The van der Waals surface area contributed by atoms with Crippen LogP contribution in [-0.2, 0) is 12.7 Å². The molecule has 0 bridgehead atoms. The number of carbonyl (C=O) groups is 1. The van der Waals surface area contributed by atoms with E-state index in [1.165, 1.54) is 11.5 Å². The summed E-state index contributed by atoms with van der Waals surface area (Å²) in [6.45, 7) is 0.976. The van der Waals surface area contributed by atoms with Crippen LogP contribution < -0.4 is 5.32 Å². The molecule has 28 heavy (non-hydrogen) atoms. The second kappa shape index (κ2) is 7.23. The van der Waals surface area contributed by atoms with Gasteiger partial charge in [-0.05, 0) is 36.8 Å². The Balaban J connectivity index is 1.89. The zero-order chi connectivity index (χ0) is 20.5.